The molecule has 1 N–H and O–H groups in total. The molecule has 0 saturated heterocycles. The summed E-state index contributed by atoms with van der Waals surface area (Å²) >= 11 is 1.66. The second kappa shape index (κ2) is 8.89. The van der Waals surface area contributed by atoms with E-state index < -0.39 is 0 Å². The first-order valence-electron chi connectivity index (χ1n) is 10.7. The maximum absolute atomic E-state index is 5.53. The zero-order valence-corrected chi connectivity index (χ0v) is 19.0. The van der Waals surface area contributed by atoms with Crippen LogP contribution in [-0.4, -0.2) is 16.7 Å². The highest BCUT2D eigenvalue weighted by Gasteiger charge is 2.11. The van der Waals surface area contributed by atoms with Crippen molar-refractivity contribution in [3.8, 4) is 17.0 Å². The van der Waals surface area contributed by atoms with Crippen molar-refractivity contribution in [1.29, 1.82) is 0 Å². The molecule has 2 heterocycles. The van der Waals surface area contributed by atoms with Gasteiger partial charge in [-0.1, -0.05) is 60.2 Å². The molecule has 32 heavy (non-hydrogen) atoms. The monoisotopic (exact) mass is 439 g/mol. The first-order chi connectivity index (χ1) is 15.7. The first kappa shape index (κ1) is 20.3. The molecule has 0 fully saturated rings. The third-order valence-electron chi connectivity index (χ3n) is 5.73. The van der Waals surface area contributed by atoms with E-state index in [1.54, 1.807) is 18.4 Å². The van der Waals surface area contributed by atoms with E-state index in [1.807, 2.05) is 24.3 Å². The number of aromatic nitrogens is 2. The average Bonchev–Trinajstić information content (AvgIpc) is 3.42. The molecule has 2 aromatic heterocycles. The second-order valence-corrected chi connectivity index (χ2v) is 8.65. The Hall–Kier alpha value is -3.57. The Labute approximate surface area is 191 Å². The number of para-hydroxylation sites is 3. The van der Waals surface area contributed by atoms with Crippen LogP contribution >= 0.6 is 11.3 Å². The van der Waals surface area contributed by atoms with Crippen LogP contribution < -0.4 is 9.54 Å². The Balaban J connectivity index is 1.58. The number of rotatable bonds is 6. The Morgan fingerprint density at radius 1 is 0.969 bits per heavy atom. The molecule has 5 aromatic rings. The van der Waals surface area contributed by atoms with Gasteiger partial charge in [0.2, 0.25) is 0 Å². The summed E-state index contributed by atoms with van der Waals surface area (Å²) in [6.07, 6.45) is 3.04. The van der Waals surface area contributed by atoms with Crippen molar-refractivity contribution in [3.05, 3.63) is 100 Å². The fourth-order valence-corrected chi connectivity index (χ4v) is 4.93. The highest BCUT2D eigenvalue weighted by atomic mass is 32.1. The highest BCUT2D eigenvalue weighted by molar-refractivity contribution is 7.07. The van der Waals surface area contributed by atoms with Crippen LogP contribution in [0.2, 0.25) is 0 Å². The SMILES string of the molecule is COc1ccccc1N=c1scc(-c2ccc(C)cc2)n1CCc1c[nH]c2ccccc12. The molecular weight excluding hydrogens is 414 g/mol. The molecule has 0 radical (unpaired) electrons. The number of thiazole rings is 1. The number of aryl methyl sites for hydroxylation is 2. The van der Waals surface area contributed by atoms with E-state index in [4.69, 9.17) is 9.73 Å². The lowest BCUT2D eigenvalue weighted by Crippen LogP contribution is -2.17. The standard InChI is InChI=1S/C27H25N3OS/c1-19-11-13-20(14-12-19)25-18-32-27(29-24-9-5-6-10-26(24)31-2)30(25)16-15-21-17-28-23-8-4-3-7-22(21)23/h3-14,17-18,28H,15-16H2,1-2H3. The summed E-state index contributed by atoms with van der Waals surface area (Å²) in [7, 11) is 1.69. The predicted octanol–water partition coefficient (Wildman–Crippen LogP) is 6.49. The molecule has 3 aromatic carbocycles. The second-order valence-electron chi connectivity index (χ2n) is 7.81. The quantitative estimate of drug-likeness (QED) is 0.323. The number of nitrogens with zero attached hydrogens (tertiary/aromatic N) is 2. The van der Waals surface area contributed by atoms with E-state index in [2.05, 4.69) is 76.6 Å². The van der Waals surface area contributed by atoms with Crippen LogP contribution in [0.1, 0.15) is 11.1 Å². The minimum atomic E-state index is 0.779. The molecule has 0 bridgehead atoms. The topological polar surface area (TPSA) is 42.3 Å². The number of nitrogens with one attached hydrogen (secondary N) is 1. The van der Waals surface area contributed by atoms with Gasteiger partial charge in [0.25, 0.3) is 0 Å². The normalized spacial score (nSPS) is 11.9. The lowest BCUT2D eigenvalue weighted by atomic mass is 10.1. The lowest BCUT2D eigenvalue weighted by Gasteiger charge is -2.10. The van der Waals surface area contributed by atoms with Gasteiger partial charge >= 0.3 is 0 Å². The fourth-order valence-electron chi connectivity index (χ4n) is 3.99. The van der Waals surface area contributed by atoms with Gasteiger partial charge < -0.3 is 14.3 Å². The van der Waals surface area contributed by atoms with Crippen molar-refractivity contribution in [2.45, 2.75) is 19.9 Å². The van der Waals surface area contributed by atoms with Gasteiger partial charge in [-0.25, -0.2) is 4.99 Å². The molecule has 0 atom stereocenters. The van der Waals surface area contributed by atoms with Crippen molar-refractivity contribution >= 4 is 27.9 Å². The Bertz CT molecular complexity index is 1420. The molecule has 0 aliphatic rings. The van der Waals surface area contributed by atoms with E-state index in [0.717, 1.165) is 29.2 Å². The number of benzene rings is 3. The number of fused-ring (bicyclic) bond motifs is 1. The van der Waals surface area contributed by atoms with Gasteiger partial charge in [-0.2, -0.15) is 0 Å². The van der Waals surface area contributed by atoms with Gasteiger partial charge in [0.05, 0.1) is 12.8 Å². The maximum Gasteiger partial charge on any atom is 0.190 e. The Morgan fingerprint density at radius 2 is 1.75 bits per heavy atom. The van der Waals surface area contributed by atoms with Gasteiger partial charge in [0.15, 0.2) is 4.80 Å². The summed E-state index contributed by atoms with van der Waals surface area (Å²) in [5, 5.41) is 3.48. The molecule has 5 heteroatoms. The van der Waals surface area contributed by atoms with E-state index in [0.29, 0.717) is 0 Å². The molecule has 0 aliphatic heterocycles. The maximum atomic E-state index is 5.53. The smallest absolute Gasteiger partial charge is 0.190 e. The van der Waals surface area contributed by atoms with E-state index in [-0.39, 0.29) is 0 Å². The summed E-state index contributed by atoms with van der Waals surface area (Å²) in [5.74, 6) is 0.779. The van der Waals surface area contributed by atoms with Crippen LogP contribution in [0.3, 0.4) is 0 Å². The van der Waals surface area contributed by atoms with E-state index in [1.165, 1.54) is 33.3 Å². The molecule has 0 spiro atoms. The van der Waals surface area contributed by atoms with E-state index in [9.17, 15) is 0 Å². The van der Waals surface area contributed by atoms with Crippen molar-refractivity contribution < 1.29 is 4.74 Å². The third kappa shape index (κ3) is 3.99. The molecule has 0 aliphatic carbocycles. The first-order valence-corrected chi connectivity index (χ1v) is 11.6. The number of hydrogen-bond donors (Lipinski definition) is 1. The minimum Gasteiger partial charge on any atom is -0.494 e. The van der Waals surface area contributed by atoms with Crippen molar-refractivity contribution in [2.75, 3.05) is 7.11 Å². The average molecular weight is 440 g/mol. The van der Waals surface area contributed by atoms with Crippen molar-refractivity contribution in [2.24, 2.45) is 4.99 Å². The third-order valence-corrected chi connectivity index (χ3v) is 6.59. The number of methoxy groups -OCH3 is 1. The summed E-state index contributed by atoms with van der Waals surface area (Å²) in [4.78, 5) is 9.34. The van der Waals surface area contributed by atoms with E-state index >= 15 is 0 Å². The zero-order chi connectivity index (χ0) is 21.9. The molecule has 4 nitrogen and oxygen atoms in total. The summed E-state index contributed by atoms with van der Waals surface area (Å²) in [5.41, 5.74) is 6.98. The highest BCUT2D eigenvalue weighted by Crippen LogP contribution is 2.27. The van der Waals surface area contributed by atoms with Gasteiger partial charge in [0.1, 0.15) is 11.4 Å². The van der Waals surface area contributed by atoms with Gasteiger partial charge in [-0.3, -0.25) is 0 Å². The fraction of sp³-hybridized carbons (Fsp3) is 0.148. The van der Waals surface area contributed by atoms with Crippen LogP contribution in [0, 0.1) is 6.92 Å². The Morgan fingerprint density at radius 3 is 2.59 bits per heavy atom. The number of aromatic amines is 1. The summed E-state index contributed by atoms with van der Waals surface area (Å²) in [6.45, 7) is 2.95. The molecule has 5 rings (SSSR count). The number of ether oxygens (including phenoxy) is 1. The van der Waals surface area contributed by atoms with Crippen LogP contribution in [0.15, 0.2) is 89.4 Å². The summed E-state index contributed by atoms with van der Waals surface area (Å²) < 4.78 is 7.85. The largest absolute Gasteiger partial charge is 0.494 e. The zero-order valence-electron chi connectivity index (χ0n) is 18.2. The minimum absolute atomic E-state index is 0.779. The van der Waals surface area contributed by atoms with Crippen molar-refractivity contribution in [1.82, 2.24) is 9.55 Å². The number of hydrogen-bond acceptors (Lipinski definition) is 3. The lowest BCUT2D eigenvalue weighted by molar-refractivity contribution is 0.416. The summed E-state index contributed by atoms with van der Waals surface area (Å²) in [6, 6.07) is 25.1. The molecule has 160 valence electrons. The molecule has 0 amide bonds. The molecular formula is C27H25N3OS. The van der Waals surface area contributed by atoms with Gasteiger partial charge in [-0.15, -0.1) is 11.3 Å². The van der Waals surface area contributed by atoms with Gasteiger partial charge in [0, 0.05) is 29.0 Å². The van der Waals surface area contributed by atoms with Crippen LogP contribution in [-0.2, 0) is 13.0 Å². The van der Waals surface area contributed by atoms with Gasteiger partial charge in [-0.05, 0) is 42.7 Å². The number of H-pyrrole nitrogens is 1. The molecule has 0 saturated carbocycles. The van der Waals surface area contributed by atoms with Crippen molar-refractivity contribution in [3.63, 3.8) is 0 Å². The Kier molecular flexibility index (Phi) is 5.65. The predicted molar refractivity (Wildman–Crippen MR) is 133 cm³/mol. The van der Waals surface area contributed by atoms with Crippen LogP contribution in [0.4, 0.5) is 5.69 Å². The van der Waals surface area contributed by atoms with Crippen LogP contribution in [0.5, 0.6) is 5.75 Å². The van der Waals surface area contributed by atoms with Crippen LogP contribution in [0.25, 0.3) is 22.2 Å². The molecule has 0 unspecified atom stereocenters.